The number of para-hydroxylation sites is 2. The molecule has 0 spiro atoms. The second-order valence-corrected chi connectivity index (χ2v) is 7.70. The van der Waals surface area contributed by atoms with E-state index in [1.807, 2.05) is 77.7 Å². The zero-order valence-corrected chi connectivity index (χ0v) is 17.4. The molecule has 4 heteroatoms. The van der Waals surface area contributed by atoms with Crippen molar-refractivity contribution < 1.29 is 9.53 Å². The average molecular weight is 401 g/mol. The van der Waals surface area contributed by atoms with Crippen molar-refractivity contribution >= 4 is 11.6 Å². The Morgan fingerprint density at radius 2 is 1.50 bits per heavy atom. The molecule has 1 heterocycles. The fourth-order valence-electron chi connectivity index (χ4n) is 4.21. The number of anilines is 1. The molecule has 3 aromatic rings. The van der Waals surface area contributed by atoms with Gasteiger partial charge in [0.1, 0.15) is 5.75 Å². The predicted molar refractivity (Wildman–Crippen MR) is 121 cm³/mol. The van der Waals surface area contributed by atoms with Crippen molar-refractivity contribution in [1.29, 1.82) is 0 Å². The van der Waals surface area contributed by atoms with Crippen LogP contribution >= 0.6 is 0 Å². The fourth-order valence-corrected chi connectivity index (χ4v) is 4.21. The van der Waals surface area contributed by atoms with Gasteiger partial charge in [0.25, 0.3) is 5.91 Å². The van der Waals surface area contributed by atoms with E-state index in [1.165, 1.54) is 5.56 Å². The van der Waals surface area contributed by atoms with Crippen molar-refractivity contribution in [3.8, 4) is 5.75 Å². The molecule has 154 valence electrons. The first-order chi connectivity index (χ1) is 14.8. The van der Waals surface area contributed by atoms with E-state index >= 15 is 0 Å². The molecule has 1 aliphatic rings. The predicted octanol–water partition coefficient (Wildman–Crippen LogP) is 5.01. The highest BCUT2D eigenvalue weighted by molar-refractivity contribution is 6.06. The van der Waals surface area contributed by atoms with Gasteiger partial charge in [0, 0.05) is 42.5 Å². The maximum Gasteiger partial charge on any atom is 0.258 e. The molecule has 0 aromatic heterocycles. The second-order valence-electron chi connectivity index (χ2n) is 7.70. The number of piperidine rings is 1. The third-order valence-corrected chi connectivity index (χ3v) is 5.78. The molecular formula is C26H28N2O2. The number of carbonyl (C=O) groups excluding carboxylic acids is 1. The Morgan fingerprint density at radius 3 is 2.17 bits per heavy atom. The van der Waals surface area contributed by atoms with E-state index in [0.29, 0.717) is 0 Å². The lowest BCUT2D eigenvalue weighted by molar-refractivity contribution is 0.0958. The van der Waals surface area contributed by atoms with Gasteiger partial charge in [-0.25, -0.2) is 0 Å². The summed E-state index contributed by atoms with van der Waals surface area (Å²) in [6.45, 7) is 2.77. The van der Waals surface area contributed by atoms with Gasteiger partial charge in [-0.3, -0.25) is 9.69 Å². The Bertz CT molecular complexity index is 951. The van der Waals surface area contributed by atoms with Crippen LogP contribution < -0.4 is 9.64 Å². The Labute approximate surface area is 178 Å². The molecule has 0 N–H and O–H groups in total. The van der Waals surface area contributed by atoms with Crippen molar-refractivity contribution in [2.24, 2.45) is 0 Å². The standard InChI is InChI=1S/C26H28N2O2/c1-30-25-15-9-8-12-22(25)20-27-18-16-24(17-19-27)28(23-13-6-3-7-14-23)26(29)21-10-4-2-5-11-21/h2-15,24H,16-20H2,1H3. The SMILES string of the molecule is COc1ccccc1CN1CCC(N(C(=O)c2ccccc2)c2ccccc2)CC1. The summed E-state index contributed by atoms with van der Waals surface area (Å²) in [6, 6.07) is 28.0. The van der Waals surface area contributed by atoms with E-state index in [9.17, 15) is 4.79 Å². The highest BCUT2D eigenvalue weighted by atomic mass is 16.5. The first-order valence-corrected chi connectivity index (χ1v) is 10.5. The molecule has 0 aliphatic carbocycles. The molecule has 3 aromatic carbocycles. The number of rotatable bonds is 6. The van der Waals surface area contributed by atoms with Gasteiger partial charge < -0.3 is 9.64 Å². The lowest BCUT2D eigenvalue weighted by atomic mass is 10.00. The van der Waals surface area contributed by atoms with Gasteiger partial charge in [0.15, 0.2) is 0 Å². The number of methoxy groups -OCH3 is 1. The fraction of sp³-hybridized carbons (Fsp3) is 0.269. The van der Waals surface area contributed by atoms with Gasteiger partial charge in [0.05, 0.1) is 7.11 Å². The largest absolute Gasteiger partial charge is 0.496 e. The summed E-state index contributed by atoms with van der Waals surface area (Å²) in [6.07, 6.45) is 1.89. The molecule has 0 atom stereocenters. The minimum absolute atomic E-state index is 0.0741. The lowest BCUT2D eigenvalue weighted by Gasteiger charge is -2.38. The molecule has 4 rings (SSSR count). The summed E-state index contributed by atoms with van der Waals surface area (Å²) in [7, 11) is 1.72. The number of nitrogens with zero attached hydrogens (tertiary/aromatic N) is 2. The number of amides is 1. The maximum atomic E-state index is 13.4. The minimum atomic E-state index is 0.0741. The summed E-state index contributed by atoms with van der Waals surface area (Å²) < 4.78 is 5.50. The van der Waals surface area contributed by atoms with Gasteiger partial charge >= 0.3 is 0 Å². The normalized spacial score (nSPS) is 15.0. The Morgan fingerprint density at radius 1 is 0.900 bits per heavy atom. The van der Waals surface area contributed by atoms with Crippen LogP contribution in [0.1, 0.15) is 28.8 Å². The van der Waals surface area contributed by atoms with Gasteiger partial charge in [-0.05, 0) is 43.2 Å². The summed E-state index contributed by atoms with van der Waals surface area (Å²) in [4.78, 5) is 17.8. The van der Waals surface area contributed by atoms with E-state index in [4.69, 9.17) is 4.74 Å². The average Bonchev–Trinajstić information content (AvgIpc) is 2.82. The molecule has 0 radical (unpaired) electrons. The molecule has 0 bridgehead atoms. The van der Waals surface area contributed by atoms with Crippen molar-refractivity contribution in [3.05, 3.63) is 96.1 Å². The number of hydrogen-bond donors (Lipinski definition) is 0. The summed E-state index contributed by atoms with van der Waals surface area (Å²) in [5, 5.41) is 0. The van der Waals surface area contributed by atoms with Gasteiger partial charge in [-0.1, -0.05) is 54.6 Å². The number of likely N-dealkylation sites (tertiary alicyclic amines) is 1. The molecular weight excluding hydrogens is 372 g/mol. The van der Waals surface area contributed by atoms with Crippen molar-refractivity contribution in [1.82, 2.24) is 4.90 Å². The van der Waals surface area contributed by atoms with E-state index in [-0.39, 0.29) is 11.9 Å². The van der Waals surface area contributed by atoms with Crippen LogP contribution in [0, 0.1) is 0 Å². The first-order valence-electron chi connectivity index (χ1n) is 10.5. The zero-order chi connectivity index (χ0) is 20.8. The Balaban J connectivity index is 1.49. The van der Waals surface area contributed by atoms with Crippen molar-refractivity contribution in [2.45, 2.75) is 25.4 Å². The highest BCUT2D eigenvalue weighted by Gasteiger charge is 2.30. The van der Waals surface area contributed by atoms with Crippen molar-refractivity contribution in [3.63, 3.8) is 0 Å². The van der Waals surface area contributed by atoms with E-state index in [2.05, 4.69) is 17.0 Å². The minimum Gasteiger partial charge on any atom is -0.496 e. The van der Waals surface area contributed by atoms with Crippen LogP contribution in [0.2, 0.25) is 0 Å². The Kier molecular flexibility index (Phi) is 6.45. The Hall–Kier alpha value is -3.11. The quantitative estimate of drug-likeness (QED) is 0.583. The van der Waals surface area contributed by atoms with Crippen LogP contribution in [-0.4, -0.2) is 37.0 Å². The number of hydrogen-bond acceptors (Lipinski definition) is 3. The van der Waals surface area contributed by atoms with Crippen LogP contribution in [0.3, 0.4) is 0 Å². The number of ether oxygens (including phenoxy) is 1. The summed E-state index contributed by atoms with van der Waals surface area (Å²) >= 11 is 0. The third-order valence-electron chi connectivity index (χ3n) is 5.78. The molecule has 1 fully saturated rings. The van der Waals surface area contributed by atoms with Gasteiger partial charge in [-0.2, -0.15) is 0 Å². The molecule has 0 saturated carbocycles. The van der Waals surface area contributed by atoms with E-state index in [1.54, 1.807) is 7.11 Å². The van der Waals surface area contributed by atoms with Crippen LogP contribution in [0.5, 0.6) is 5.75 Å². The maximum absolute atomic E-state index is 13.4. The molecule has 1 saturated heterocycles. The van der Waals surface area contributed by atoms with Gasteiger partial charge in [0.2, 0.25) is 0 Å². The zero-order valence-electron chi connectivity index (χ0n) is 17.4. The second kappa shape index (κ2) is 9.59. The van der Waals surface area contributed by atoms with E-state index < -0.39 is 0 Å². The third kappa shape index (κ3) is 4.55. The number of benzene rings is 3. The molecule has 1 aliphatic heterocycles. The highest BCUT2D eigenvalue weighted by Crippen LogP contribution is 2.27. The van der Waals surface area contributed by atoms with Crippen molar-refractivity contribution in [2.75, 3.05) is 25.1 Å². The summed E-state index contributed by atoms with van der Waals surface area (Å²) in [5.41, 5.74) is 2.91. The summed E-state index contributed by atoms with van der Waals surface area (Å²) in [5.74, 6) is 1.01. The topological polar surface area (TPSA) is 32.8 Å². The van der Waals surface area contributed by atoms with E-state index in [0.717, 1.165) is 49.5 Å². The van der Waals surface area contributed by atoms with Crippen LogP contribution in [0.4, 0.5) is 5.69 Å². The lowest BCUT2D eigenvalue weighted by Crippen LogP contribution is -2.47. The monoisotopic (exact) mass is 400 g/mol. The number of carbonyl (C=O) groups is 1. The van der Waals surface area contributed by atoms with Crippen LogP contribution in [0.15, 0.2) is 84.9 Å². The molecule has 30 heavy (non-hydrogen) atoms. The molecule has 1 amide bonds. The van der Waals surface area contributed by atoms with Crippen LogP contribution in [-0.2, 0) is 6.54 Å². The smallest absolute Gasteiger partial charge is 0.258 e. The molecule has 4 nitrogen and oxygen atoms in total. The molecule has 0 unspecified atom stereocenters. The van der Waals surface area contributed by atoms with Gasteiger partial charge in [-0.15, -0.1) is 0 Å². The first kappa shape index (κ1) is 20.2. The van der Waals surface area contributed by atoms with Crippen LogP contribution in [0.25, 0.3) is 0 Å².